The minimum absolute atomic E-state index is 0.163. The fraction of sp³-hybridized carbons (Fsp3) is 0.100. The van der Waals surface area contributed by atoms with Crippen LogP contribution >= 0.6 is 0 Å². The highest BCUT2D eigenvalue weighted by molar-refractivity contribution is 5.89. The third-order valence-corrected chi connectivity index (χ3v) is 4.04. The second kappa shape index (κ2) is 7.65. The molecule has 134 valence electrons. The molecule has 1 heterocycles. The maximum absolute atomic E-state index is 12.1. The summed E-state index contributed by atoms with van der Waals surface area (Å²) in [6.07, 6.45) is 1.48. The number of rotatable bonds is 6. The molecular formula is C20H16N4O3. The lowest BCUT2D eigenvalue weighted by atomic mass is 10.1. The Morgan fingerprint density at radius 2 is 1.74 bits per heavy atom. The third kappa shape index (κ3) is 3.77. The van der Waals surface area contributed by atoms with Crippen molar-refractivity contribution < 1.29 is 14.3 Å². The Morgan fingerprint density at radius 1 is 0.926 bits per heavy atom. The average molecular weight is 360 g/mol. The van der Waals surface area contributed by atoms with Crippen molar-refractivity contribution in [1.82, 2.24) is 20.2 Å². The fourth-order valence-electron chi connectivity index (χ4n) is 2.72. The Bertz CT molecular complexity index is 1040. The summed E-state index contributed by atoms with van der Waals surface area (Å²) in [6, 6.07) is 20.7. The lowest BCUT2D eigenvalue weighted by Crippen LogP contribution is -2.12. The van der Waals surface area contributed by atoms with Crippen LogP contribution in [0.15, 0.2) is 73.1 Å². The molecule has 0 radical (unpaired) electrons. The molecule has 3 aromatic carbocycles. The molecule has 4 rings (SSSR count). The minimum Gasteiger partial charge on any atom is -0.489 e. The number of tetrazole rings is 1. The molecule has 0 fully saturated rings. The lowest BCUT2D eigenvalue weighted by molar-refractivity contribution is 0.0451. The highest BCUT2D eigenvalue weighted by atomic mass is 16.6. The predicted octanol–water partition coefficient (Wildman–Crippen LogP) is 3.05. The van der Waals surface area contributed by atoms with Crippen molar-refractivity contribution in [3.05, 3.63) is 78.6 Å². The van der Waals surface area contributed by atoms with E-state index in [1.54, 1.807) is 24.3 Å². The van der Waals surface area contributed by atoms with Gasteiger partial charge in [0.15, 0.2) is 0 Å². The van der Waals surface area contributed by atoms with Crippen LogP contribution in [0.1, 0.15) is 10.4 Å². The summed E-state index contributed by atoms with van der Waals surface area (Å²) >= 11 is 0. The molecule has 7 heteroatoms. The molecule has 0 aliphatic carbocycles. The molecule has 4 aromatic rings. The Kier molecular flexibility index (Phi) is 4.74. The van der Waals surface area contributed by atoms with Gasteiger partial charge in [-0.1, -0.05) is 36.4 Å². The number of carbonyl (C=O) groups is 1. The standard InChI is InChI=1S/C20H16N4O3/c25-20(16-8-10-17(11-9-16)24-14-21-22-23-24)27-13-12-26-19-7-3-5-15-4-1-2-6-18(15)19/h1-11,14H,12-13H2. The number of fused-ring (bicyclic) bond motifs is 1. The molecule has 7 nitrogen and oxygen atoms in total. The number of aromatic nitrogens is 4. The van der Waals surface area contributed by atoms with Gasteiger partial charge < -0.3 is 9.47 Å². The molecule has 0 aliphatic heterocycles. The summed E-state index contributed by atoms with van der Waals surface area (Å²) in [7, 11) is 0. The summed E-state index contributed by atoms with van der Waals surface area (Å²) in [5, 5.41) is 13.1. The monoisotopic (exact) mass is 360 g/mol. The van der Waals surface area contributed by atoms with Crippen molar-refractivity contribution in [3.63, 3.8) is 0 Å². The van der Waals surface area contributed by atoms with Crippen LogP contribution in [0.3, 0.4) is 0 Å². The van der Waals surface area contributed by atoms with Gasteiger partial charge in [0.1, 0.15) is 25.3 Å². The van der Waals surface area contributed by atoms with Crippen LogP contribution in [0.5, 0.6) is 5.75 Å². The van der Waals surface area contributed by atoms with Gasteiger partial charge in [0, 0.05) is 5.39 Å². The van der Waals surface area contributed by atoms with Gasteiger partial charge in [-0.05, 0) is 46.1 Å². The van der Waals surface area contributed by atoms with E-state index in [4.69, 9.17) is 9.47 Å². The molecule has 0 aliphatic rings. The van der Waals surface area contributed by atoms with Gasteiger partial charge in [-0.25, -0.2) is 9.48 Å². The molecule has 0 saturated carbocycles. The van der Waals surface area contributed by atoms with E-state index < -0.39 is 5.97 Å². The number of ether oxygens (including phenoxy) is 2. The zero-order valence-corrected chi connectivity index (χ0v) is 14.4. The van der Waals surface area contributed by atoms with Gasteiger partial charge >= 0.3 is 5.97 Å². The topological polar surface area (TPSA) is 79.1 Å². The molecule has 0 amide bonds. The number of nitrogens with zero attached hydrogens (tertiary/aromatic N) is 4. The van der Waals surface area contributed by atoms with Crippen LogP contribution in [0, 0.1) is 0 Å². The van der Waals surface area contributed by atoms with Crippen LogP contribution in [-0.2, 0) is 4.74 Å². The number of benzene rings is 3. The number of esters is 1. The second-order valence-corrected chi connectivity index (χ2v) is 5.76. The van der Waals surface area contributed by atoms with E-state index in [1.165, 1.54) is 11.0 Å². The number of hydrogen-bond acceptors (Lipinski definition) is 6. The average Bonchev–Trinajstić information content (AvgIpc) is 3.26. The van der Waals surface area contributed by atoms with Crippen LogP contribution in [0.25, 0.3) is 16.5 Å². The Labute approximate surface area is 155 Å². The van der Waals surface area contributed by atoms with Crippen LogP contribution in [-0.4, -0.2) is 39.4 Å². The summed E-state index contributed by atoms with van der Waals surface area (Å²) in [5.74, 6) is 0.370. The highest BCUT2D eigenvalue weighted by Gasteiger charge is 2.08. The van der Waals surface area contributed by atoms with E-state index in [0.717, 1.165) is 22.2 Å². The Hall–Kier alpha value is -3.74. The summed E-state index contributed by atoms with van der Waals surface area (Å²) in [6.45, 7) is 0.444. The van der Waals surface area contributed by atoms with Gasteiger partial charge in [0.25, 0.3) is 0 Å². The van der Waals surface area contributed by atoms with Crippen molar-refractivity contribution in [2.24, 2.45) is 0 Å². The molecule has 1 aromatic heterocycles. The SMILES string of the molecule is O=C(OCCOc1cccc2ccccc12)c1ccc(-n2cnnn2)cc1. The van der Waals surface area contributed by atoms with Gasteiger partial charge in [0.05, 0.1) is 11.3 Å². The molecule has 0 spiro atoms. The molecule has 0 N–H and O–H groups in total. The number of carbonyl (C=O) groups excluding carboxylic acids is 1. The molecule has 0 atom stereocenters. The summed E-state index contributed by atoms with van der Waals surface area (Å²) in [5.41, 5.74) is 1.22. The normalized spacial score (nSPS) is 10.7. The summed E-state index contributed by atoms with van der Waals surface area (Å²) in [4.78, 5) is 12.1. The third-order valence-electron chi connectivity index (χ3n) is 4.04. The first-order valence-electron chi connectivity index (χ1n) is 8.42. The molecule has 0 bridgehead atoms. The van der Waals surface area contributed by atoms with E-state index in [9.17, 15) is 4.79 Å². The van der Waals surface area contributed by atoms with Crippen LogP contribution < -0.4 is 4.74 Å². The molecule has 0 unspecified atom stereocenters. The van der Waals surface area contributed by atoms with Crippen molar-refractivity contribution >= 4 is 16.7 Å². The molecular weight excluding hydrogens is 344 g/mol. The highest BCUT2D eigenvalue weighted by Crippen LogP contribution is 2.24. The molecule has 27 heavy (non-hydrogen) atoms. The second-order valence-electron chi connectivity index (χ2n) is 5.76. The zero-order chi connectivity index (χ0) is 18.5. The van der Waals surface area contributed by atoms with E-state index in [1.807, 2.05) is 42.5 Å². The Morgan fingerprint density at radius 3 is 2.56 bits per heavy atom. The van der Waals surface area contributed by atoms with Crippen LogP contribution in [0.4, 0.5) is 0 Å². The lowest BCUT2D eigenvalue weighted by Gasteiger charge is -2.10. The number of hydrogen-bond donors (Lipinski definition) is 0. The van der Waals surface area contributed by atoms with Gasteiger partial charge in [0.2, 0.25) is 0 Å². The summed E-state index contributed by atoms with van der Waals surface area (Å²) < 4.78 is 12.6. The van der Waals surface area contributed by atoms with E-state index in [2.05, 4.69) is 15.5 Å². The molecule has 0 saturated heterocycles. The maximum Gasteiger partial charge on any atom is 0.338 e. The van der Waals surface area contributed by atoms with E-state index >= 15 is 0 Å². The zero-order valence-electron chi connectivity index (χ0n) is 14.4. The van der Waals surface area contributed by atoms with Crippen molar-refractivity contribution in [3.8, 4) is 11.4 Å². The predicted molar refractivity (Wildman–Crippen MR) is 98.9 cm³/mol. The largest absolute Gasteiger partial charge is 0.489 e. The van der Waals surface area contributed by atoms with Crippen molar-refractivity contribution in [2.75, 3.05) is 13.2 Å². The van der Waals surface area contributed by atoms with Crippen LogP contribution in [0.2, 0.25) is 0 Å². The van der Waals surface area contributed by atoms with Crippen molar-refractivity contribution in [2.45, 2.75) is 0 Å². The van der Waals surface area contributed by atoms with E-state index in [0.29, 0.717) is 5.56 Å². The minimum atomic E-state index is -0.403. The first kappa shape index (κ1) is 16.7. The fourth-order valence-corrected chi connectivity index (χ4v) is 2.72. The van der Waals surface area contributed by atoms with E-state index in [-0.39, 0.29) is 13.2 Å². The maximum atomic E-state index is 12.1. The first-order valence-corrected chi connectivity index (χ1v) is 8.42. The van der Waals surface area contributed by atoms with Gasteiger partial charge in [-0.2, -0.15) is 0 Å². The van der Waals surface area contributed by atoms with Gasteiger partial charge in [-0.15, -0.1) is 5.10 Å². The quantitative estimate of drug-likeness (QED) is 0.388. The van der Waals surface area contributed by atoms with Gasteiger partial charge in [-0.3, -0.25) is 0 Å². The Balaban J connectivity index is 1.32. The first-order chi connectivity index (χ1) is 13.3. The smallest absolute Gasteiger partial charge is 0.338 e. The van der Waals surface area contributed by atoms with Crippen molar-refractivity contribution in [1.29, 1.82) is 0 Å².